The van der Waals surface area contributed by atoms with Crippen molar-refractivity contribution >= 4 is 0 Å². The van der Waals surface area contributed by atoms with Crippen molar-refractivity contribution in [2.45, 2.75) is 25.9 Å². The summed E-state index contributed by atoms with van der Waals surface area (Å²) < 4.78 is 38.6. The first-order valence-corrected chi connectivity index (χ1v) is 4.66. The van der Waals surface area contributed by atoms with Crippen molar-refractivity contribution in [3.63, 3.8) is 0 Å². The van der Waals surface area contributed by atoms with E-state index in [0.29, 0.717) is 0 Å². The SMILES string of the molecule is Cc1c(C(F)(F)F)nc2n(c1=O)OCC2C. The van der Waals surface area contributed by atoms with Crippen LogP contribution in [0.5, 0.6) is 0 Å². The molecular weight excluding hydrogens is 225 g/mol. The lowest BCUT2D eigenvalue weighted by Gasteiger charge is -2.11. The first-order chi connectivity index (χ1) is 7.32. The van der Waals surface area contributed by atoms with E-state index in [-0.39, 0.29) is 18.3 Å². The van der Waals surface area contributed by atoms with Crippen molar-refractivity contribution in [2.24, 2.45) is 0 Å². The van der Waals surface area contributed by atoms with Gasteiger partial charge in [0.1, 0.15) is 6.61 Å². The number of hydrogen-bond acceptors (Lipinski definition) is 3. The average Bonchev–Trinajstić information content (AvgIpc) is 2.52. The number of aromatic nitrogens is 2. The molecule has 1 aromatic heterocycles. The fourth-order valence-electron chi connectivity index (χ4n) is 1.57. The second-order valence-electron chi connectivity index (χ2n) is 3.74. The molecule has 16 heavy (non-hydrogen) atoms. The van der Waals surface area contributed by atoms with Gasteiger partial charge in [0.05, 0.1) is 5.92 Å². The molecule has 88 valence electrons. The van der Waals surface area contributed by atoms with Gasteiger partial charge in [-0.2, -0.15) is 13.2 Å². The van der Waals surface area contributed by atoms with Crippen molar-refractivity contribution in [1.82, 2.24) is 9.71 Å². The second-order valence-corrected chi connectivity index (χ2v) is 3.74. The fraction of sp³-hybridized carbons (Fsp3) is 0.556. The van der Waals surface area contributed by atoms with Gasteiger partial charge in [0.25, 0.3) is 5.56 Å². The Hall–Kier alpha value is -1.53. The van der Waals surface area contributed by atoms with E-state index in [1.807, 2.05) is 0 Å². The van der Waals surface area contributed by atoms with Gasteiger partial charge in [-0.3, -0.25) is 4.79 Å². The molecule has 2 heterocycles. The maximum atomic E-state index is 12.6. The van der Waals surface area contributed by atoms with Crippen LogP contribution in [0.2, 0.25) is 0 Å². The van der Waals surface area contributed by atoms with Crippen LogP contribution in [-0.2, 0) is 6.18 Å². The first-order valence-electron chi connectivity index (χ1n) is 4.66. The lowest BCUT2D eigenvalue weighted by atomic mass is 10.1. The minimum atomic E-state index is -4.61. The van der Waals surface area contributed by atoms with Gasteiger partial charge in [0.2, 0.25) is 0 Å². The first kappa shape index (κ1) is 11.0. The molecule has 0 fully saturated rings. The molecule has 0 saturated heterocycles. The quantitative estimate of drug-likeness (QED) is 0.675. The largest absolute Gasteiger partial charge is 0.433 e. The Morgan fingerprint density at radius 3 is 2.69 bits per heavy atom. The van der Waals surface area contributed by atoms with Crippen molar-refractivity contribution < 1.29 is 18.0 Å². The third kappa shape index (κ3) is 1.46. The number of hydrogen-bond donors (Lipinski definition) is 0. The molecule has 1 unspecified atom stereocenters. The molecule has 0 N–H and O–H groups in total. The van der Waals surface area contributed by atoms with Crippen molar-refractivity contribution in [2.75, 3.05) is 6.61 Å². The summed E-state index contributed by atoms with van der Waals surface area (Å²) in [6.07, 6.45) is -4.61. The Balaban J connectivity index is 2.72. The molecule has 0 saturated carbocycles. The lowest BCUT2D eigenvalue weighted by Crippen LogP contribution is -2.31. The zero-order valence-electron chi connectivity index (χ0n) is 8.63. The summed E-state index contributed by atoms with van der Waals surface area (Å²) in [6.45, 7) is 2.92. The maximum absolute atomic E-state index is 12.6. The van der Waals surface area contributed by atoms with E-state index in [1.54, 1.807) is 6.92 Å². The highest BCUT2D eigenvalue weighted by molar-refractivity contribution is 5.21. The van der Waals surface area contributed by atoms with Crippen LogP contribution < -0.4 is 10.4 Å². The second kappa shape index (κ2) is 3.23. The highest BCUT2D eigenvalue weighted by atomic mass is 19.4. The van der Waals surface area contributed by atoms with Gasteiger partial charge < -0.3 is 4.84 Å². The molecule has 2 rings (SSSR count). The van der Waals surface area contributed by atoms with Crippen molar-refractivity contribution in [3.8, 4) is 0 Å². The molecule has 7 heteroatoms. The summed E-state index contributed by atoms with van der Waals surface area (Å²) in [7, 11) is 0. The number of halogens is 3. The third-order valence-electron chi connectivity index (χ3n) is 2.46. The highest BCUT2D eigenvalue weighted by Gasteiger charge is 2.38. The molecular formula is C9H9F3N2O2. The fourth-order valence-corrected chi connectivity index (χ4v) is 1.57. The van der Waals surface area contributed by atoms with Gasteiger partial charge in [0, 0.05) is 5.56 Å². The minimum Gasteiger partial charge on any atom is -0.408 e. The van der Waals surface area contributed by atoms with Crippen molar-refractivity contribution in [3.05, 3.63) is 27.4 Å². The summed E-state index contributed by atoms with van der Waals surface area (Å²) in [5.74, 6) is -0.280. The van der Waals surface area contributed by atoms with Crippen LogP contribution in [0, 0.1) is 6.92 Å². The Labute approximate surface area is 88.6 Å². The number of fused-ring (bicyclic) bond motifs is 1. The van der Waals surface area contributed by atoms with E-state index in [4.69, 9.17) is 4.84 Å². The molecule has 1 aliphatic rings. The van der Waals surface area contributed by atoms with Crippen LogP contribution in [0.25, 0.3) is 0 Å². The minimum absolute atomic E-state index is 0.0305. The molecule has 0 spiro atoms. The molecule has 0 aromatic carbocycles. The number of nitrogens with zero attached hydrogens (tertiary/aromatic N) is 2. The third-order valence-corrected chi connectivity index (χ3v) is 2.46. The molecule has 0 bridgehead atoms. The average molecular weight is 234 g/mol. The van der Waals surface area contributed by atoms with Crippen LogP contribution in [0.4, 0.5) is 13.2 Å². The molecule has 1 atom stereocenters. The van der Waals surface area contributed by atoms with Gasteiger partial charge in [-0.05, 0) is 6.92 Å². The summed E-state index contributed by atoms with van der Waals surface area (Å²) in [6, 6.07) is 0. The predicted octanol–water partition coefficient (Wildman–Crippen LogP) is 1.12. The van der Waals surface area contributed by atoms with Crippen LogP contribution in [0.1, 0.15) is 29.9 Å². The van der Waals surface area contributed by atoms with Crippen LogP contribution in [0.3, 0.4) is 0 Å². The van der Waals surface area contributed by atoms with Crippen LogP contribution in [-0.4, -0.2) is 16.3 Å². The standard InChI is InChI=1S/C9H9F3N2O2/c1-4-3-16-14-7(4)13-6(9(10,11)12)5(2)8(14)15/h4H,3H2,1-2H3. The van der Waals surface area contributed by atoms with E-state index >= 15 is 0 Å². The number of alkyl halides is 3. The Morgan fingerprint density at radius 1 is 1.50 bits per heavy atom. The van der Waals surface area contributed by atoms with Crippen LogP contribution >= 0.6 is 0 Å². The molecule has 1 aliphatic heterocycles. The normalized spacial score (nSPS) is 19.4. The van der Waals surface area contributed by atoms with Crippen LogP contribution in [0.15, 0.2) is 4.79 Å². The smallest absolute Gasteiger partial charge is 0.408 e. The zero-order valence-corrected chi connectivity index (χ0v) is 8.63. The molecule has 0 aliphatic carbocycles. The summed E-state index contributed by atoms with van der Waals surface area (Å²) >= 11 is 0. The maximum Gasteiger partial charge on any atom is 0.433 e. The summed E-state index contributed by atoms with van der Waals surface area (Å²) in [5.41, 5.74) is -2.35. The van der Waals surface area contributed by atoms with E-state index in [0.717, 1.165) is 11.7 Å². The molecule has 4 nitrogen and oxygen atoms in total. The van der Waals surface area contributed by atoms with E-state index in [2.05, 4.69) is 4.98 Å². The molecule has 1 aromatic rings. The molecule has 0 radical (unpaired) electrons. The van der Waals surface area contributed by atoms with Gasteiger partial charge in [-0.25, -0.2) is 4.98 Å². The van der Waals surface area contributed by atoms with Gasteiger partial charge in [-0.1, -0.05) is 6.92 Å². The Bertz CT molecular complexity index is 493. The predicted molar refractivity (Wildman–Crippen MR) is 48.1 cm³/mol. The van der Waals surface area contributed by atoms with E-state index in [1.165, 1.54) is 0 Å². The Morgan fingerprint density at radius 2 is 2.12 bits per heavy atom. The molecule has 0 amide bonds. The summed E-state index contributed by atoms with van der Waals surface area (Å²) in [4.78, 5) is 20.0. The topological polar surface area (TPSA) is 44.1 Å². The zero-order chi connectivity index (χ0) is 12.1. The highest BCUT2D eigenvalue weighted by Crippen LogP contribution is 2.30. The monoisotopic (exact) mass is 234 g/mol. The Kier molecular flexibility index (Phi) is 2.21. The summed E-state index contributed by atoms with van der Waals surface area (Å²) in [5, 5.41) is 0. The van der Waals surface area contributed by atoms with Gasteiger partial charge >= 0.3 is 6.18 Å². The van der Waals surface area contributed by atoms with Gasteiger partial charge in [-0.15, -0.1) is 4.73 Å². The van der Waals surface area contributed by atoms with E-state index in [9.17, 15) is 18.0 Å². The number of rotatable bonds is 0. The van der Waals surface area contributed by atoms with Gasteiger partial charge in [0.15, 0.2) is 11.5 Å². The van der Waals surface area contributed by atoms with Crippen molar-refractivity contribution in [1.29, 1.82) is 0 Å². The van der Waals surface area contributed by atoms with E-state index < -0.39 is 23.0 Å². The lowest BCUT2D eigenvalue weighted by molar-refractivity contribution is -0.142.